The van der Waals surface area contributed by atoms with Crippen LogP contribution in [-0.2, 0) is 11.8 Å². The number of aromatic nitrogens is 4. The van der Waals surface area contributed by atoms with Crippen LogP contribution in [-0.4, -0.2) is 49.9 Å². The van der Waals surface area contributed by atoms with Gasteiger partial charge in [0.1, 0.15) is 5.82 Å². The van der Waals surface area contributed by atoms with Crippen molar-refractivity contribution in [3.63, 3.8) is 0 Å². The normalized spacial score (nSPS) is 20.1. The predicted molar refractivity (Wildman–Crippen MR) is 110 cm³/mol. The van der Waals surface area contributed by atoms with Gasteiger partial charge in [-0.2, -0.15) is 10.2 Å². The summed E-state index contributed by atoms with van der Waals surface area (Å²) in [6.45, 7) is 3.18. The molecule has 1 aliphatic carbocycles. The van der Waals surface area contributed by atoms with Crippen LogP contribution in [0, 0.1) is 12.8 Å². The zero-order valence-corrected chi connectivity index (χ0v) is 17.1. The molecule has 2 aromatic heterocycles. The smallest absolute Gasteiger partial charge is 0.323 e. The number of piperidine rings is 1. The molecule has 29 heavy (non-hydrogen) atoms. The number of carbonyl (C=O) groups excluding carboxylic acids is 2. The molecule has 3 amide bonds. The summed E-state index contributed by atoms with van der Waals surface area (Å²) in [6.07, 6.45) is 7.70. The maximum absolute atomic E-state index is 12.8. The maximum atomic E-state index is 12.8. The molecular formula is C20H29N7O2. The number of H-pyrrole nitrogens is 1. The Bertz CT molecular complexity index is 881. The Labute approximate surface area is 170 Å². The monoisotopic (exact) mass is 399 g/mol. The Morgan fingerprint density at radius 1 is 1.17 bits per heavy atom. The molecule has 0 aromatic carbocycles. The van der Waals surface area contributed by atoms with Crippen LogP contribution < -0.4 is 10.6 Å². The Hall–Kier alpha value is -2.84. The van der Waals surface area contributed by atoms with Crippen molar-refractivity contribution in [3.05, 3.63) is 23.7 Å². The van der Waals surface area contributed by atoms with E-state index < -0.39 is 0 Å². The molecule has 2 aromatic rings. The molecule has 1 unspecified atom stereocenters. The third-order valence-corrected chi connectivity index (χ3v) is 6.01. The Kier molecular flexibility index (Phi) is 5.55. The molecule has 0 bridgehead atoms. The van der Waals surface area contributed by atoms with E-state index in [4.69, 9.17) is 0 Å². The molecule has 0 spiro atoms. The largest absolute Gasteiger partial charge is 0.324 e. The lowest BCUT2D eigenvalue weighted by Gasteiger charge is -2.32. The second-order valence-electron chi connectivity index (χ2n) is 8.18. The average Bonchev–Trinajstić information content (AvgIpc) is 3.44. The molecule has 2 fully saturated rings. The number of carbonyl (C=O) groups is 2. The molecule has 4 rings (SSSR count). The topological polar surface area (TPSA) is 108 Å². The van der Waals surface area contributed by atoms with Gasteiger partial charge in [0.05, 0.1) is 23.3 Å². The fourth-order valence-electron chi connectivity index (χ4n) is 4.44. The molecule has 1 saturated carbocycles. The number of rotatable bonds is 4. The summed E-state index contributed by atoms with van der Waals surface area (Å²) in [6, 6.07) is 1.72. The van der Waals surface area contributed by atoms with Crippen molar-refractivity contribution >= 4 is 23.4 Å². The van der Waals surface area contributed by atoms with Gasteiger partial charge in [-0.25, -0.2) is 4.79 Å². The third kappa shape index (κ3) is 4.28. The molecule has 2 aliphatic rings. The minimum atomic E-state index is -0.131. The lowest BCUT2D eigenvalue weighted by molar-refractivity contribution is -0.119. The van der Waals surface area contributed by atoms with E-state index in [1.165, 1.54) is 0 Å². The van der Waals surface area contributed by atoms with E-state index in [9.17, 15) is 9.59 Å². The lowest BCUT2D eigenvalue weighted by atomic mass is 9.94. The van der Waals surface area contributed by atoms with Gasteiger partial charge in [0.25, 0.3) is 0 Å². The summed E-state index contributed by atoms with van der Waals surface area (Å²) in [7, 11) is 1.81. The van der Waals surface area contributed by atoms with Gasteiger partial charge in [-0.3, -0.25) is 19.9 Å². The fourth-order valence-corrected chi connectivity index (χ4v) is 4.44. The first-order valence-electron chi connectivity index (χ1n) is 10.4. The van der Waals surface area contributed by atoms with Crippen LogP contribution in [0.3, 0.4) is 0 Å². The number of aromatic amines is 1. The second-order valence-corrected chi connectivity index (χ2v) is 8.18. The summed E-state index contributed by atoms with van der Waals surface area (Å²) in [5, 5.41) is 17.5. The minimum absolute atomic E-state index is 0.0853. The summed E-state index contributed by atoms with van der Waals surface area (Å²) in [5.74, 6) is 0.987. The highest BCUT2D eigenvalue weighted by Gasteiger charge is 2.29. The van der Waals surface area contributed by atoms with Crippen molar-refractivity contribution in [2.45, 2.75) is 51.4 Å². The molecule has 9 nitrogen and oxygen atoms in total. The fraction of sp³-hybridized carbons (Fsp3) is 0.600. The van der Waals surface area contributed by atoms with Crippen molar-refractivity contribution < 1.29 is 9.59 Å². The van der Waals surface area contributed by atoms with Gasteiger partial charge in [-0.05, 0) is 32.6 Å². The van der Waals surface area contributed by atoms with E-state index >= 15 is 0 Å². The van der Waals surface area contributed by atoms with Crippen molar-refractivity contribution in [1.29, 1.82) is 0 Å². The van der Waals surface area contributed by atoms with Crippen molar-refractivity contribution in [3.8, 4) is 0 Å². The third-order valence-electron chi connectivity index (χ3n) is 6.01. The molecule has 156 valence electrons. The first-order chi connectivity index (χ1) is 14.0. The highest BCUT2D eigenvalue weighted by molar-refractivity contribution is 5.93. The molecule has 1 atom stereocenters. The highest BCUT2D eigenvalue weighted by Crippen LogP contribution is 2.32. The van der Waals surface area contributed by atoms with Crippen molar-refractivity contribution in [2.24, 2.45) is 13.0 Å². The van der Waals surface area contributed by atoms with Crippen LogP contribution in [0.1, 0.15) is 55.8 Å². The minimum Gasteiger partial charge on any atom is -0.324 e. The van der Waals surface area contributed by atoms with Gasteiger partial charge < -0.3 is 10.2 Å². The zero-order chi connectivity index (χ0) is 20.4. The number of hydrogen-bond acceptors (Lipinski definition) is 4. The Balaban J connectivity index is 1.41. The van der Waals surface area contributed by atoms with E-state index in [0.29, 0.717) is 18.9 Å². The van der Waals surface area contributed by atoms with Crippen molar-refractivity contribution in [1.82, 2.24) is 24.9 Å². The van der Waals surface area contributed by atoms with Gasteiger partial charge in [-0.1, -0.05) is 12.8 Å². The van der Waals surface area contributed by atoms with Crippen LogP contribution in [0.5, 0.6) is 0 Å². The second kappa shape index (κ2) is 8.26. The average molecular weight is 399 g/mol. The number of anilines is 2. The van der Waals surface area contributed by atoms with Gasteiger partial charge in [0.2, 0.25) is 5.91 Å². The van der Waals surface area contributed by atoms with Crippen LogP contribution in [0.25, 0.3) is 0 Å². The van der Waals surface area contributed by atoms with E-state index in [2.05, 4.69) is 25.9 Å². The number of aryl methyl sites for hydroxylation is 2. The number of amides is 3. The summed E-state index contributed by atoms with van der Waals surface area (Å²) in [4.78, 5) is 27.1. The number of nitrogens with one attached hydrogen (secondary N) is 3. The zero-order valence-electron chi connectivity index (χ0n) is 17.1. The molecule has 1 saturated heterocycles. The molecule has 1 aliphatic heterocycles. The standard InChI is InChI=1S/C20H29N7O2/c1-13-10-17(26(2)25-13)23-20(29)27-9-5-8-15(12-27)18-16(11-21-24-18)22-19(28)14-6-3-4-7-14/h10-11,14-15H,3-9,12H2,1-2H3,(H,21,24)(H,22,28)(H,23,29). The first kappa shape index (κ1) is 19.5. The van der Waals surface area contributed by atoms with Gasteiger partial charge >= 0.3 is 6.03 Å². The maximum Gasteiger partial charge on any atom is 0.323 e. The molecular weight excluding hydrogens is 370 g/mol. The molecule has 3 heterocycles. The van der Waals surface area contributed by atoms with E-state index in [0.717, 1.165) is 55.6 Å². The number of likely N-dealkylation sites (tertiary alicyclic amines) is 1. The SMILES string of the molecule is Cc1cc(NC(=O)N2CCCC(c3[nH]ncc3NC(=O)C3CCCC3)C2)n(C)n1. The molecule has 9 heteroatoms. The van der Waals surface area contributed by atoms with Crippen LogP contribution in [0.4, 0.5) is 16.3 Å². The Morgan fingerprint density at radius 3 is 2.69 bits per heavy atom. The summed E-state index contributed by atoms with van der Waals surface area (Å²) >= 11 is 0. The van der Waals surface area contributed by atoms with E-state index in [1.807, 2.05) is 24.9 Å². The van der Waals surface area contributed by atoms with Crippen LogP contribution in [0.15, 0.2) is 12.3 Å². The number of urea groups is 1. The quantitative estimate of drug-likeness (QED) is 0.734. The lowest BCUT2D eigenvalue weighted by Crippen LogP contribution is -2.42. The molecule has 3 N–H and O–H groups in total. The first-order valence-corrected chi connectivity index (χ1v) is 10.4. The van der Waals surface area contributed by atoms with Crippen LogP contribution in [0.2, 0.25) is 0 Å². The summed E-state index contributed by atoms with van der Waals surface area (Å²) in [5.41, 5.74) is 2.51. The van der Waals surface area contributed by atoms with E-state index in [-0.39, 0.29) is 23.8 Å². The van der Waals surface area contributed by atoms with Gasteiger partial charge in [0, 0.05) is 38.0 Å². The Morgan fingerprint density at radius 2 is 1.97 bits per heavy atom. The van der Waals surface area contributed by atoms with Crippen LogP contribution >= 0.6 is 0 Å². The van der Waals surface area contributed by atoms with E-state index in [1.54, 1.807) is 10.9 Å². The number of hydrogen-bond donors (Lipinski definition) is 3. The summed E-state index contributed by atoms with van der Waals surface area (Å²) < 4.78 is 1.67. The van der Waals surface area contributed by atoms with Gasteiger partial charge in [-0.15, -0.1) is 0 Å². The number of nitrogens with zero attached hydrogens (tertiary/aromatic N) is 4. The highest BCUT2D eigenvalue weighted by atomic mass is 16.2. The van der Waals surface area contributed by atoms with Gasteiger partial charge in [0.15, 0.2) is 0 Å². The van der Waals surface area contributed by atoms with Crippen molar-refractivity contribution in [2.75, 3.05) is 23.7 Å². The predicted octanol–water partition coefficient (Wildman–Crippen LogP) is 2.99. The molecule has 0 radical (unpaired) electrons.